The van der Waals surface area contributed by atoms with Gasteiger partial charge in [0, 0.05) is 0 Å². The molecule has 1 rings (SSSR count). The van der Waals surface area contributed by atoms with Gasteiger partial charge in [-0.1, -0.05) is 0 Å². The van der Waals surface area contributed by atoms with Gasteiger partial charge in [0.1, 0.15) is 0 Å². The van der Waals surface area contributed by atoms with Crippen LogP contribution in [-0.2, 0) is 10.2 Å². The van der Waals surface area contributed by atoms with Crippen LogP contribution in [0.2, 0.25) is 0 Å². The summed E-state index contributed by atoms with van der Waals surface area (Å²) in [6, 6.07) is 0. The van der Waals surface area contributed by atoms with Crippen LogP contribution in [0.1, 0.15) is 62.3 Å². The van der Waals surface area contributed by atoms with E-state index in [0.29, 0.717) is 0 Å². The van der Waals surface area contributed by atoms with Crippen molar-refractivity contribution in [2.45, 2.75) is 78.9 Å². The van der Waals surface area contributed by atoms with Gasteiger partial charge < -0.3 is 0 Å². The molecule has 1 fully saturated rings. The molecule has 7 heteroatoms. The van der Waals surface area contributed by atoms with Gasteiger partial charge in [0.2, 0.25) is 0 Å². The Balaban J connectivity index is 3.41. The molecule has 0 aromatic heterocycles. The molecule has 0 unspecified atom stereocenters. The quantitative estimate of drug-likeness (QED) is 0.626. The average molecular weight is 356 g/mol. The van der Waals surface area contributed by atoms with Gasteiger partial charge in [0.25, 0.3) is 0 Å². The van der Waals surface area contributed by atoms with Crippen LogP contribution in [-0.4, -0.2) is 45.8 Å². The Morgan fingerprint density at radius 3 is 1.32 bits per heavy atom. The summed E-state index contributed by atoms with van der Waals surface area (Å²) in [7, 11) is -3.37. The van der Waals surface area contributed by atoms with Crippen molar-refractivity contribution in [2.75, 3.05) is 0 Å². The first-order valence-corrected chi connectivity index (χ1v) is 10.1. The monoisotopic (exact) mass is 357 g/mol. The Labute approximate surface area is 122 Å². The molecule has 0 N–H and O–H groups in total. The van der Waals surface area contributed by atoms with E-state index in [0.717, 1.165) is 0 Å². The Kier molecular flexibility index (Phi) is 4.17. The summed E-state index contributed by atoms with van der Waals surface area (Å²) in [6.45, 7) is 17.6. The van der Waals surface area contributed by atoms with Gasteiger partial charge in [-0.2, -0.15) is 0 Å². The predicted octanol–water partition coefficient (Wildman–Crippen LogP) is 2.50. The van der Waals surface area contributed by atoms with E-state index in [9.17, 15) is 8.42 Å². The zero-order chi connectivity index (χ0) is 15.4. The number of rotatable bonds is 0. The third-order valence-electron chi connectivity index (χ3n) is 2.17. The van der Waals surface area contributed by atoms with Crippen molar-refractivity contribution in [1.29, 1.82) is 0 Å². The molecule has 0 amide bonds. The second-order valence-corrected chi connectivity index (χ2v) is 13.4. The van der Waals surface area contributed by atoms with E-state index in [2.05, 4.69) is 0 Å². The molecule has 0 saturated carbocycles. The summed E-state index contributed by atoms with van der Waals surface area (Å²) < 4.78 is 33.2. The molecule has 5 nitrogen and oxygen atoms in total. The minimum absolute atomic E-state index is 0.229. The molecule has 0 radical (unpaired) electrons. The molecule has 19 heavy (non-hydrogen) atoms. The maximum absolute atomic E-state index is 12.6. The van der Waals surface area contributed by atoms with Crippen molar-refractivity contribution < 1.29 is 8.42 Å². The summed E-state index contributed by atoms with van der Waals surface area (Å²) in [6.07, 6.45) is 0. The Morgan fingerprint density at radius 1 is 0.789 bits per heavy atom. The molecular formula is C12H27N3O2SSe. The van der Waals surface area contributed by atoms with E-state index in [1.807, 2.05) is 62.3 Å². The van der Waals surface area contributed by atoms with Crippen molar-refractivity contribution in [2.24, 2.45) is 3.96 Å². The molecule has 0 aliphatic carbocycles. The van der Waals surface area contributed by atoms with Crippen LogP contribution < -0.4 is 0 Å². The van der Waals surface area contributed by atoms with Crippen molar-refractivity contribution in [3.05, 3.63) is 0 Å². The first-order valence-electron chi connectivity index (χ1n) is 6.42. The van der Waals surface area contributed by atoms with Gasteiger partial charge in [-0.15, -0.1) is 0 Å². The fourth-order valence-corrected chi connectivity index (χ4v) is 10.5. The minimum atomic E-state index is -3.37. The third kappa shape index (κ3) is 3.45. The third-order valence-corrected chi connectivity index (χ3v) is 12.9. The molecule has 114 valence electrons. The van der Waals surface area contributed by atoms with Crippen LogP contribution in [0.4, 0.5) is 0 Å². The fourth-order valence-electron chi connectivity index (χ4n) is 1.78. The first-order chi connectivity index (χ1) is 8.08. The van der Waals surface area contributed by atoms with Gasteiger partial charge in [-0.3, -0.25) is 0 Å². The second kappa shape index (κ2) is 4.60. The predicted molar refractivity (Wildman–Crippen MR) is 80.0 cm³/mol. The molecule has 0 aromatic rings. The van der Waals surface area contributed by atoms with Gasteiger partial charge in [0.05, 0.1) is 0 Å². The number of nitrogens with zero attached hydrogens (tertiary/aromatic N) is 3. The van der Waals surface area contributed by atoms with Crippen molar-refractivity contribution in [3.8, 4) is 0 Å². The molecule has 1 heterocycles. The zero-order valence-electron chi connectivity index (χ0n) is 13.5. The van der Waals surface area contributed by atoms with Crippen LogP contribution >= 0.6 is 0 Å². The molecule has 1 aliphatic heterocycles. The topological polar surface area (TPSA) is 53.0 Å². The molecular weight excluding hydrogens is 329 g/mol. The van der Waals surface area contributed by atoms with E-state index in [4.69, 9.17) is 3.96 Å². The molecule has 1 saturated heterocycles. The molecule has 0 bridgehead atoms. The summed E-state index contributed by atoms with van der Waals surface area (Å²) in [4.78, 5) is 0. The van der Waals surface area contributed by atoms with Gasteiger partial charge in [0.15, 0.2) is 0 Å². The van der Waals surface area contributed by atoms with Crippen molar-refractivity contribution in [1.82, 2.24) is 6.64 Å². The zero-order valence-corrected chi connectivity index (χ0v) is 16.0. The summed E-state index contributed by atoms with van der Waals surface area (Å²) in [5, 5.41) is 0. The molecule has 0 spiro atoms. The molecule has 1 aliphatic rings. The Morgan fingerprint density at radius 2 is 1.11 bits per heavy atom. The van der Waals surface area contributed by atoms with Crippen LogP contribution in [0.3, 0.4) is 0 Å². The van der Waals surface area contributed by atoms with E-state index >= 15 is 0 Å². The summed E-state index contributed by atoms with van der Waals surface area (Å²) >= 11 is -1.87. The van der Waals surface area contributed by atoms with Crippen molar-refractivity contribution in [3.63, 3.8) is 0 Å². The normalized spacial score (nSPS) is 23.2. The van der Waals surface area contributed by atoms with Crippen molar-refractivity contribution >= 4 is 24.4 Å². The molecule has 0 aromatic carbocycles. The van der Waals surface area contributed by atoms with Crippen LogP contribution in [0.15, 0.2) is 3.96 Å². The van der Waals surface area contributed by atoms with Crippen LogP contribution in [0, 0.1) is 0 Å². The van der Waals surface area contributed by atoms with Gasteiger partial charge >= 0.3 is 122 Å². The SMILES string of the molecule is CC(C)(C)N=[Se]1N(C(C)(C)C)S(=O)(=O)N1C(C)(C)C. The van der Waals surface area contributed by atoms with Gasteiger partial charge in [-0.05, 0) is 0 Å². The number of hydrogen-bond donors (Lipinski definition) is 0. The average Bonchev–Trinajstić information content (AvgIpc) is 1.90. The second-order valence-electron chi connectivity index (χ2n) is 7.81. The Bertz CT molecular complexity index is 463. The van der Waals surface area contributed by atoms with E-state index in [-0.39, 0.29) is 5.54 Å². The first kappa shape index (κ1) is 17.2. The summed E-state index contributed by atoms with van der Waals surface area (Å²) in [5.41, 5.74) is -1.06. The van der Waals surface area contributed by atoms with E-state index in [1.165, 1.54) is 0 Å². The summed E-state index contributed by atoms with van der Waals surface area (Å²) in [5.74, 6) is 0. The van der Waals surface area contributed by atoms with Crippen LogP contribution in [0.5, 0.6) is 0 Å². The standard InChI is InChI=1S/C12H27N3O2SSe/c1-10(2,3)13-19-14(11(4,5)6)18(16,17)15(19)12(7,8)9/h1-9H3. The number of hydrogen-bond acceptors (Lipinski definition) is 3. The van der Waals surface area contributed by atoms with Crippen LogP contribution in [0.25, 0.3) is 0 Å². The molecule has 0 atom stereocenters. The fraction of sp³-hybridized carbons (Fsp3) is 1.00. The van der Waals surface area contributed by atoms with E-state index in [1.54, 1.807) is 6.64 Å². The Hall–Kier alpha value is 0.189. The van der Waals surface area contributed by atoms with Gasteiger partial charge in [-0.25, -0.2) is 0 Å². The van der Waals surface area contributed by atoms with E-state index < -0.39 is 35.4 Å². The maximum atomic E-state index is 12.6.